The van der Waals surface area contributed by atoms with E-state index in [1.807, 2.05) is 0 Å². The van der Waals surface area contributed by atoms with Crippen molar-refractivity contribution in [3.8, 4) is 22.3 Å². The molecule has 0 amide bonds. The van der Waals surface area contributed by atoms with Gasteiger partial charge in [-0.1, -0.05) is 132 Å². The van der Waals surface area contributed by atoms with Crippen LogP contribution in [-0.4, -0.2) is 11.1 Å². The fraction of sp³-hybridized carbons (Fsp3) is 0.513. The van der Waals surface area contributed by atoms with Crippen molar-refractivity contribution in [2.24, 2.45) is 11.8 Å². The summed E-state index contributed by atoms with van der Waals surface area (Å²) in [7, 11) is 0. The molecule has 2 nitrogen and oxygen atoms in total. The molecule has 0 radical (unpaired) electrons. The Morgan fingerprint density at radius 2 is 1.32 bits per heavy atom. The highest BCUT2D eigenvalue weighted by Crippen LogP contribution is 2.39. The molecule has 2 heteroatoms. The lowest BCUT2D eigenvalue weighted by Gasteiger charge is -2.29. The normalized spacial score (nSPS) is 17.8. The number of aryl methyl sites for hydroxylation is 1. The third kappa shape index (κ3) is 9.32. The van der Waals surface area contributed by atoms with Gasteiger partial charge in [-0.15, -0.1) is 0 Å². The van der Waals surface area contributed by atoms with Crippen molar-refractivity contribution in [3.63, 3.8) is 0 Å². The zero-order valence-corrected chi connectivity index (χ0v) is 25.6. The fourth-order valence-corrected chi connectivity index (χ4v) is 6.89. The van der Waals surface area contributed by atoms with E-state index in [2.05, 4.69) is 86.6 Å². The zero-order chi connectivity index (χ0) is 28.9. The van der Waals surface area contributed by atoms with E-state index in [1.54, 1.807) is 0 Å². The SMILES string of the molecule is CCCCCCCC1CCC(c2ccc(-c3ccccc3-c3ccc(CCCC(CCC)C(=O)O)cc3)cc2)CC1. The largest absolute Gasteiger partial charge is 0.481 e. The van der Waals surface area contributed by atoms with Crippen molar-refractivity contribution < 1.29 is 9.90 Å². The maximum atomic E-state index is 11.4. The highest BCUT2D eigenvalue weighted by molar-refractivity contribution is 5.83. The van der Waals surface area contributed by atoms with Gasteiger partial charge in [0, 0.05) is 0 Å². The number of hydrogen-bond acceptors (Lipinski definition) is 1. The van der Waals surface area contributed by atoms with E-state index < -0.39 is 5.97 Å². The molecule has 1 saturated carbocycles. The van der Waals surface area contributed by atoms with Gasteiger partial charge in [0.1, 0.15) is 0 Å². The molecular formula is C39H52O2. The van der Waals surface area contributed by atoms with E-state index in [-0.39, 0.29) is 5.92 Å². The minimum Gasteiger partial charge on any atom is -0.481 e. The second kappa shape index (κ2) is 16.5. The Kier molecular flexibility index (Phi) is 12.5. The number of hydrogen-bond donors (Lipinski definition) is 1. The minimum atomic E-state index is -0.650. The van der Waals surface area contributed by atoms with Crippen LogP contribution in [0.4, 0.5) is 0 Å². The van der Waals surface area contributed by atoms with Gasteiger partial charge in [-0.3, -0.25) is 4.79 Å². The van der Waals surface area contributed by atoms with Gasteiger partial charge in [0.05, 0.1) is 5.92 Å². The maximum Gasteiger partial charge on any atom is 0.306 e. The Balaban J connectivity index is 1.33. The summed E-state index contributed by atoms with van der Waals surface area (Å²) in [6.07, 6.45) is 18.2. The van der Waals surface area contributed by atoms with E-state index in [0.717, 1.165) is 43.9 Å². The molecule has 1 fully saturated rings. The predicted octanol–water partition coefficient (Wildman–Crippen LogP) is 11.5. The van der Waals surface area contributed by atoms with Gasteiger partial charge in [0.15, 0.2) is 0 Å². The highest BCUT2D eigenvalue weighted by Gasteiger charge is 2.22. The second-order valence-corrected chi connectivity index (χ2v) is 12.5. The second-order valence-electron chi connectivity index (χ2n) is 12.5. The lowest BCUT2D eigenvalue weighted by Crippen LogP contribution is -2.13. The first kappa shape index (κ1) is 31.1. The molecule has 3 aromatic rings. The molecule has 0 spiro atoms. The van der Waals surface area contributed by atoms with E-state index >= 15 is 0 Å². The lowest BCUT2D eigenvalue weighted by molar-refractivity contribution is -0.142. The Morgan fingerprint density at radius 1 is 0.707 bits per heavy atom. The minimum absolute atomic E-state index is 0.210. The first-order valence-corrected chi connectivity index (χ1v) is 16.6. The molecule has 1 atom stereocenters. The van der Waals surface area contributed by atoms with Crippen molar-refractivity contribution in [3.05, 3.63) is 83.9 Å². The first-order valence-electron chi connectivity index (χ1n) is 16.6. The number of benzene rings is 3. The predicted molar refractivity (Wildman–Crippen MR) is 174 cm³/mol. The number of unbranched alkanes of at least 4 members (excludes halogenated alkanes) is 4. The topological polar surface area (TPSA) is 37.3 Å². The highest BCUT2D eigenvalue weighted by atomic mass is 16.4. The molecule has 1 unspecified atom stereocenters. The van der Waals surface area contributed by atoms with Crippen LogP contribution in [0.1, 0.15) is 121 Å². The van der Waals surface area contributed by atoms with Crippen LogP contribution in [0.5, 0.6) is 0 Å². The van der Waals surface area contributed by atoms with Crippen molar-refractivity contribution in [1.29, 1.82) is 0 Å². The lowest BCUT2D eigenvalue weighted by atomic mass is 9.77. The average Bonchev–Trinajstić information content (AvgIpc) is 3.01. The monoisotopic (exact) mass is 552 g/mol. The third-order valence-electron chi connectivity index (χ3n) is 9.45. The number of rotatable bonds is 16. The van der Waals surface area contributed by atoms with E-state index in [1.165, 1.54) is 97.6 Å². The van der Waals surface area contributed by atoms with Crippen LogP contribution >= 0.6 is 0 Å². The average molecular weight is 553 g/mol. The fourth-order valence-electron chi connectivity index (χ4n) is 6.89. The molecule has 3 aromatic carbocycles. The number of carboxylic acid groups (broad SMARTS) is 1. The van der Waals surface area contributed by atoms with Crippen molar-refractivity contribution in [1.82, 2.24) is 0 Å². The van der Waals surface area contributed by atoms with Crippen LogP contribution in [-0.2, 0) is 11.2 Å². The standard InChI is InChI=1S/C39H52O2/c1-3-5-6-7-8-13-30-18-22-32(23-19-30)33-26-28-35(29-27-33)38-17-10-9-16-37(38)34-24-20-31(21-25-34)14-11-15-36(12-4-2)39(40)41/h9-10,16-17,20-21,24-30,32,36H,3-8,11-15,18-19,22-23H2,1-2H3,(H,40,41). The molecule has 1 aliphatic rings. The van der Waals surface area contributed by atoms with Crippen LogP contribution in [0.2, 0.25) is 0 Å². The van der Waals surface area contributed by atoms with Gasteiger partial charge in [-0.2, -0.15) is 0 Å². The van der Waals surface area contributed by atoms with Gasteiger partial charge < -0.3 is 5.11 Å². The summed E-state index contributed by atoms with van der Waals surface area (Å²) >= 11 is 0. The molecule has 0 aliphatic heterocycles. The summed E-state index contributed by atoms with van der Waals surface area (Å²) in [5, 5.41) is 9.42. The maximum absolute atomic E-state index is 11.4. The summed E-state index contributed by atoms with van der Waals surface area (Å²) < 4.78 is 0. The number of carbonyl (C=O) groups is 1. The molecule has 1 aliphatic carbocycles. The molecule has 0 saturated heterocycles. The summed E-state index contributed by atoms with van der Waals surface area (Å²) in [6.45, 7) is 4.35. The summed E-state index contributed by atoms with van der Waals surface area (Å²) in [5.41, 5.74) is 7.85. The number of carboxylic acids is 1. The summed E-state index contributed by atoms with van der Waals surface area (Å²) in [4.78, 5) is 11.4. The van der Waals surface area contributed by atoms with Crippen LogP contribution in [0.3, 0.4) is 0 Å². The molecule has 41 heavy (non-hydrogen) atoms. The van der Waals surface area contributed by atoms with Gasteiger partial charge in [0.25, 0.3) is 0 Å². The molecule has 0 heterocycles. The first-order chi connectivity index (χ1) is 20.1. The molecule has 1 N–H and O–H groups in total. The molecule has 220 valence electrons. The molecular weight excluding hydrogens is 500 g/mol. The van der Waals surface area contributed by atoms with Gasteiger partial charge in [-0.25, -0.2) is 0 Å². The third-order valence-corrected chi connectivity index (χ3v) is 9.45. The van der Waals surface area contributed by atoms with Crippen molar-refractivity contribution in [2.75, 3.05) is 0 Å². The number of aliphatic carboxylic acids is 1. The summed E-state index contributed by atoms with van der Waals surface area (Å²) in [5.74, 6) is 0.810. The molecule has 0 bridgehead atoms. The van der Waals surface area contributed by atoms with Gasteiger partial charge >= 0.3 is 5.97 Å². The van der Waals surface area contributed by atoms with Crippen molar-refractivity contribution in [2.45, 2.75) is 116 Å². The van der Waals surface area contributed by atoms with Crippen molar-refractivity contribution >= 4 is 5.97 Å². The van der Waals surface area contributed by atoms with Gasteiger partial charge in [-0.05, 0) is 96.6 Å². The van der Waals surface area contributed by atoms with Crippen LogP contribution in [0.15, 0.2) is 72.8 Å². The van der Waals surface area contributed by atoms with E-state index in [4.69, 9.17) is 0 Å². The van der Waals surface area contributed by atoms with Crippen LogP contribution in [0, 0.1) is 11.8 Å². The Hall–Kier alpha value is -2.87. The van der Waals surface area contributed by atoms with E-state index in [9.17, 15) is 9.90 Å². The molecule has 4 rings (SSSR count). The summed E-state index contributed by atoms with van der Waals surface area (Å²) in [6, 6.07) is 27.0. The Morgan fingerprint density at radius 3 is 1.90 bits per heavy atom. The van der Waals surface area contributed by atoms with Crippen LogP contribution in [0.25, 0.3) is 22.3 Å². The quantitative estimate of drug-likeness (QED) is 0.179. The Bertz CT molecular complexity index is 1170. The zero-order valence-electron chi connectivity index (χ0n) is 25.6. The van der Waals surface area contributed by atoms with E-state index in [0.29, 0.717) is 0 Å². The Labute approximate surface area is 249 Å². The van der Waals surface area contributed by atoms with Gasteiger partial charge in [0.2, 0.25) is 0 Å². The molecule has 0 aromatic heterocycles. The smallest absolute Gasteiger partial charge is 0.306 e. The van der Waals surface area contributed by atoms with Crippen LogP contribution < -0.4 is 0 Å².